The zero-order chi connectivity index (χ0) is 23.6. The smallest absolute Gasteiger partial charge is 0.178 e. The molecule has 4 heteroatoms. The number of aliphatic hydroxyl groups is 1. The van der Waals surface area contributed by atoms with Gasteiger partial charge in [0, 0.05) is 0 Å². The fourth-order valence-corrected chi connectivity index (χ4v) is 10.7. The van der Waals surface area contributed by atoms with Gasteiger partial charge in [0.25, 0.3) is 0 Å². The summed E-state index contributed by atoms with van der Waals surface area (Å²) in [7, 11) is -3.25. The van der Waals surface area contributed by atoms with Crippen LogP contribution in [-0.4, -0.2) is 24.9 Å². The fourth-order valence-electron chi connectivity index (χ4n) is 8.97. The molecule has 4 aliphatic carbocycles. The van der Waals surface area contributed by atoms with Gasteiger partial charge < -0.3 is 5.11 Å². The minimum Gasteiger partial charge on any atom is -0.390 e. The van der Waals surface area contributed by atoms with Gasteiger partial charge in [0.1, 0.15) is 0 Å². The molecule has 5 rings (SSSR count). The number of allylic oxidation sites excluding steroid dienone is 1. The molecule has 0 aromatic heterocycles. The highest BCUT2D eigenvalue weighted by Gasteiger charge is 2.59. The van der Waals surface area contributed by atoms with Gasteiger partial charge in [-0.05, 0) is 111 Å². The van der Waals surface area contributed by atoms with Gasteiger partial charge in [0.05, 0.1) is 16.2 Å². The average molecular weight is 471 g/mol. The first kappa shape index (κ1) is 23.6. The number of fused-ring (bicyclic) bond motifs is 5. The van der Waals surface area contributed by atoms with Crippen LogP contribution in [0.4, 0.5) is 0 Å². The number of benzene rings is 1. The monoisotopic (exact) mass is 470 g/mol. The molecule has 0 bridgehead atoms. The van der Waals surface area contributed by atoms with Gasteiger partial charge in [-0.1, -0.05) is 50.6 Å². The molecule has 3 nitrogen and oxygen atoms in total. The maximum absolute atomic E-state index is 13.1. The molecular formula is C29H42O3S. The first-order valence-corrected chi connectivity index (χ1v) is 14.8. The summed E-state index contributed by atoms with van der Waals surface area (Å²) in [4.78, 5) is 0.464. The molecule has 0 spiro atoms. The van der Waals surface area contributed by atoms with Crippen molar-refractivity contribution in [3.63, 3.8) is 0 Å². The lowest BCUT2D eigenvalue weighted by atomic mass is 9.46. The van der Waals surface area contributed by atoms with E-state index in [2.05, 4.69) is 26.8 Å². The molecule has 1 aromatic carbocycles. The van der Waals surface area contributed by atoms with Crippen LogP contribution in [0.15, 0.2) is 46.9 Å². The fraction of sp³-hybridized carbons (Fsp3) is 0.724. The van der Waals surface area contributed by atoms with Crippen LogP contribution in [-0.2, 0) is 9.84 Å². The highest BCUT2D eigenvalue weighted by atomic mass is 32.2. The summed E-state index contributed by atoms with van der Waals surface area (Å²) in [6, 6.07) is 8.99. The maximum atomic E-state index is 13.1. The summed E-state index contributed by atoms with van der Waals surface area (Å²) >= 11 is 0. The maximum Gasteiger partial charge on any atom is 0.178 e. The Morgan fingerprint density at radius 2 is 1.73 bits per heavy atom. The van der Waals surface area contributed by atoms with E-state index in [1.54, 1.807) is 12.1 Å². The van der Waals surface area contributed by atoms with E-state index >= 15 is 0 Å². The molecule has 3 fully saturated rings. The zero-order valence-electron chi connectivity index (χ0n) is 20.9. The highest BCUT2D eigenvalue weighted by Crippen LogP contribution is 2.67. The molecule has 0 heterocycles. The lowest BCUT2D eigenvalue weighted by molar-refractivity contribution is -0.0692. The summed E-state index contributed by atoms with van der Waals surface area (Å²) in [5.41, 5.74) is 1.46. The van der Waals surface area contributed by atoms with Gasteiger partial charge in [-0.25, -0.2) is 8.42 Å². The molecular weight excluding hydrogens is 428 g/mol. The number of sulfone groups is 1. The molecule has 8 atom stereocenters. The van der Waals surface area contributed by atoms with Crippen molar-refractivity contribution in [1.29, 1.82) is 0 Å². The lowest BCUT2D eigenvalue weighted by Gasteiger charge is -2.59. The average Bonchev–Trinajstić information content (AvgIpc) is 3.12. The van der Waals surface area contributed by atoms with Crippen molar-refractivity contribution in [3.8, 4) is 0 Å². The topological polar surface area (TPSA) is 54.4 Å². The van der Waals surface area contributed by atoms with Gasteiger partial charge in [0.2, 0.25) is 0 Å². The molecule has 33 heavy (non-hydrogen) atoms. The summed E-state index contributed by atoms with van der Waals surface area (Å²) in [6.07, 6.45) is 11.4. The van der Waals surface area contributed by atoms with E-state index in [4.69, 9.17) is 0 Å². The van der Waals surface area contributed by atoms with Gasteiger partial charge >= 0.3 is 0 Å². The van der Waals surface area contributed by atoms with Crippen molar-refractivity contribution < 1.29 is 13.5 Å². The predicted molar refractivity (Wildman–Crippen MR) is 133 cm³/mol. The second-order valence-electron chi connectivity index (χ2n) is 12.7. The van der Waals surface area contributed by atoms with Crippen molar-refractivity contribution in [2.24, 2.45) is 40.4 Å². The van der Waals surface area contributed by atoms with E-state index in [0.717, 1.165) is 32.1 Å². The van der Waals surface area contributed by atoms with Gasteiger partial charge in [-0.15, -0.1) is 0 Å². The van der Waals surface area contributed by atoms with E-state index in [1.807, 2.05) is 25.1 Å². The summed E-state index contributed by atoms with van der Waals surface area (Å²) < 4.78 is 26.2. The van der Waals surface area contributed by atoms with Crippen molar-refractivity contribution in [1.82, 2.24) is 0 Å². The van der Waals surface area contributed by atoms with Crippen LogP contribution in [0.2, 0.25) is 0 Å². The van der Waals surface area contributed by atoms with Crippen LogP contribution in [0.1, 0.15) is 79.1 Å². The van der Waals surface area contributed by atoms with Crippen molar-refractivity contribution in [2.45, 2.75) is 89.6 Å². The largest absolute Gasteiger partial charge is 0.390 e. The third-order valence-electron chi connectivity index (χ3n) is 10.7. The number of hydrogen-bond donors (Lipinski definition) is 1. The Morgan fingerprint density at radius 3 is 2.45 bits per heavy atom. The molecule has 3 saturated carbocycles. The van der Waals surface area contributed by atoms with Crippen LogP contribution in [0.3, 0.4) is 0 Å². The zero-order valence-corrected chi connectivity index (χ0v) is 21.7. The van der Waals surface area contributed by atoms with Crippen LogP contribution in [0, 0.1) is 40.4 Å². The Hall–Kier alpha value is -1.13. The Bertz CT molecular complexity index is 1030. The second-order valence-corrected chi connectivity index (χ2v) is 14.8. The summed E-state index contributed by atoms with van der Waals surface area (Å²) in [5, 5.41) is 10.7. The van der Waals surface area contributed by atoms with Crippen LogP contribution < -0.4 is 0 Å². The van der Waals surface area contributed by atoms with Crippen LogP contribution in [0.25, 0.3) is 0 Å². The molecule has 0 saturated heterocycles. The van der Waals surface area contributed by atoms with E-state index in [1.165, 1.54) is 24.8 Å². The second kappa shape index (κ2) is 7.95. The van der Waals surface area contributed by atoms with Crippen LogP contribution >= 0.6 is 0 Å². The number of hydrogen-bond acceptors (Lipinski definition) is 3. The minimum atomic E-state index is -3.25. The normalized spacial score (nSPS) is 43.7. The van der Waals surface area contributed by atoms with E-state index < -0.39 is 15.4 Å². The lowest BCUT2D eigenvalue weighted by Crippen LogP contribution is -2.52. The highest BCUT2D eigenvalue weighted by molar-refractivity contribution is 7.91. The van der Waals surface area contributed by atoms with Crippen LogP contribution in [0.5, 0.6) is 0 Å². The molecule has 0 radical (unpaired) electrons. The standard InChI is InChI=1S/C29H42O3S/c1-20(19-33(31,32)22-8-6-5-7-9-22)24-12-13-25-23-11-10-21-18-27(2,30)16-17-28(21,3)26(23)14-15-29(24,25)4/h5-10,20,23-26,30H,11-19H2,1-4H3/t20-,23+,24-,25?,26?,27+,28+,29-/m1/s1. The molecule has 0 amide bonds. The van der Waals surface area contributed by atoms with Crippen molar-refractivity contribution in [3.05, 3.63) is 42.0 Å². The van der Waals surface area contributed by atoms with Gasteiger partial charge in [-0.2, -0.15) is 0 Å². The first-order valence-electron chi connectivity index (χ1n) is 13.2. The quantitative estimate of drug-likeness (QED) is 0.516. The van der Waals surface area contributed by atoms with Crippen molar-refractivity contribution >= 4 is 9.84 Å². The van der Waals surface area contributed by atoms with E-state index in [-0.39, 0.29) is 22.5 Å². The Balaban J connectivity index is 1.36. The molecule has 182 valence electrons. The minimum absolute atomic E-state index is 0.178. The number of rotatable bonds is 4. The van der Waals surface area contributed by atoms with E-state index in [0.29, 0.717) is 28.6 Å². The molecule has 1 aromatic rings. The first-order chi connectivity index (χ1) is 15.5. The van der Waals surface area contributed by atoms with Gasteiger partial charge in [-0.3, -0.25) is 0 Å². The summed E-state index contributed by atoms with van der Waals surface area (Å²) in [5.74, 6) is 3.04. The third kappa shape index (κ3) is 3.84. The molecule has 2 unspecified atom stereocenters. The third-order valence-corrected chi connectivity index (χ3v) is 12.7. The Morgan fingerprint density at radius 1 is 1.00 bits per heavy atom. The molecule has 4 aliphatic rings. The van der Waals surface area contributed by atoms with Crippen molar-refractivity contribution in [2.75, 3.05) is 5.75 Å². The molecule has 0 aliphatic heterocycles. The predicted octanol–water partition coefficient (Wildman–Crippen LogP) is 6.43. The van der Waals surface area contributed by atoms with E-state index in [9.17, 15) is 13.5 Å². The Kier molecular flexibility index (Phi) is 5.68. The van der Waals surface area contributed by atoms with Gasteiger partial charge in [0.15, 0.2) is 9.84 Å². The SMILES string of the molecule is C[C@H](CS(=O)(=O)c1ccccc1)[C@H]1CCC2[C@@H]3CC=C4C[C@@](C)(O)CC[C@]4(C)C3CC[C@@]21C. The molecule has 1 N–H and O–H groups in total. The summed E-state index contributed by atoms with van der Waals surface area (Å²) in [6.45, 7) is 9.16. The Labute approximate surface area is 201 Å².